The molecule has 0 fully saturated rings. The Morgan fingerprint density at radius 2 is 1.94 bits per heavy atom. The van der Waals surface area contributed by atoms with Crippen molar-refractivity contribution in [3.05, 3.63) is 46.7 Å². The molecule has 0 saturated heterocycles. The van der Waals surface area contributed by atoms with Gasteiger partial charge in [0.2, 0.25) is 0 Å². The third-order valence-corrected chi connectivity index (χ3v) is 2.83. The zero-order valence-corrected chi connectivity index (χ0v) is 9.40. The van der Waals surface area contributed by atoms with E-state index in [0.717, 1.165) is 12.0 Å². The quantitative estimate of drug-likeness (QED) is 0.792. The van der Waals surface area contributed by atoms with Gasteiger partial charge in [0, 0.05) is 5.56 Å². The molecule has 1 heterocycles. The highest BCUT2D eigenvalue weighted by Gasteiger charge is 2.06. The van der Waals surface area contributed by atoms with Crippen molar-refractivity contribution >= 4 is 0 Å². The maximum Gasteiger partial charge on any atom is 0.519 e. The van der Waals surface area contributed by atoms with Gasteiger partial charge in [0.15, 0.2) is 5.76 Å². The first kappa shape index (κ1) is 10.7. The molecule has 3 heteroatoms. The molecule has 3 nitrogen and oxygen atoms in total. The fourth-order valence-electron chi connectivity index (χ4n) is 1.58. The average Bonchev–Trinajstić information content (AvgIpc) is 2.75. The second-order valence-corrected chi connectivity index (χ2v) is 3.88. The molecule has 0 radical (unpaired) electrons. The van der Waals surface area contributed by atoms with Gasteiger partial charge in [-0.1, -0.05) is 38.1 Å². The molecular formula is C13H14O3. The van der Waals surface area contributed by atoms with Crippen LogP contribution in [-0.2, 0) is 0 Å². The standard InChI is InChI=1S/C13H14O3/c1-3-9(2)10-4-6-11(7-5-10)12-8-15-13(14)16-12/h4-9H,3H2,1-2H3. The van der Waals surface area contributed by atoms with Crippen molar-refractivity contribution in [2.45, 2.75) is 26.2 Å². The van der Waals surface area contributed by atoms with Crippen molar-refractivity contribution in [3.63, 3.8) is 0 Å². The number of hydrogen-bond donors (Lipinski definition) is 0. The lowest BCUT2D eigenvalue weighted by molar-refractivity contribution is 0.389. The van der Waals surface area contributed by atoms with E-state index in [4.69, 9.17) is 4.42 Å². The van der Waals surface area contributed by atoms with Crippen LogP contribution in [0.4, 0.5) is 0 Å². The molecule has 0 bridgehead atoms. The maximum atomic E-state index is 10.8. The summed E-state index contributed by atoms with van der Waals surface area (Å²) >= 11 is 0. The van der Waals surface area contributed by atoms with Crippen molar-refractivity contribution in [2.75, 3.05) is 0 Å². The minimum Gasteiger partial charge on any atom is -0.399 e. The lowest BCUT2D eigenvalue weighted by Gasteiger charge is -2.08. The van der Waals surface area contributed by atoms with Crippen molar-refractivity contribution < 1.29 is 8.83 Å². The molecule has 2 rings (SSSR count). The minimum absolute atomic E-state index is 0.473. The Bertz CT molecular complexity index is 504. The first-order chi connectivity index (χ1) is 7.70. The molecule has 16 heavy (non-hydrogen) atoms. The van der Waals surface area contributed by atoms with Crippen LogP contribution in [0.15, 0.2) is 44.2 Å². The number of hydrogen-bond acceptors (Lipinski definition) is 3. The molecule has 1 atom stereocenters. The summed E-state index contributed by atoms with van der Waals surface area (Å²) < 4.78 is 9.47. The van der Waals surface area contributed by atoms with E-state index in [1.165, 1.54) is 11.8 Å². The lowest BCUT2D eigenvalue weighted by atomic mass is 9.97. The van der Waals surface area contributed by atoms with Gasteiger partial charge in [-0.05, 0) is 17.9 Å². The van der Waals surface area contributed by atoms with Crippen LogP contribution in [0.1, 0.15) is 31.7 Å². The van der Waals surface area contributed by atoms with E-state index >= 15 is 0 Å². The zero-order valence-electron chi connectivity index (χ0n) is 9.40. The minimum atomic E-state index is -0.666. The highest BCUT2D eigenvalue weighted by atomic mass is 16.6. The summed E-state index contributed by atoms with van der Waals surface area (Å²) in [5.41, 5.74) is 2.15. The monoisotopic (exact) mass is 218 g/mol. The molecule has 1 unspecified atom stereocenters. The third-order valence-electron chi connectivity index (χ3n) is 2.83. The maximum absolute atomic E-state index is 10.8. The molecule has 0 aliphatic carbocycles. The summed E-state index contributed by atoms with van der Waals surface area (Å²) in [6.07, 6.45) is 2.45. The van der Waals surface area contributed by atoms with Crippen LogP contribution in [0.5, 0.6) is 0 Å². The Morgan fingerprint density at radius 3 is 2.44 bits per heavy atom. The normalized spacial score (nSPS) is 12.6. The van der Waals surface area contributed by atoms with Crippen LogP contribution in [0.25, 0.3) is 11.3 Å². The van der Waals surface area contributed by atoms with Gasteiger partial charge in [-0.2, -0.15) is 0 Å². The van der Waals surface area contributed by atoms with Crippen LogP contribution in [0, 0.1) is 0 Å². The Morgan fingerprint density at radius 1 is 1.25 bits per heavy atom. The van der Waals surface area contributed by atoms with E-state index in [1.54, 1.807) is 0 Å². The van der Waals surface area contributed by atoms with Gasteiger partial charge in [-0.15, -0.1) is 0 Å². The van der Waals surface area contributed by atoms with E-state index < -0.39 is 5.82 Å². The van der Waals surface area contributed by atoms with Crippen molar-refractivity contribution in [1.82, 2.24) is 0 Å². The first-order valence-corrected chi connectivity index (χ1v) is 5.39. The summed E-state index contributed by atoms with van der Waals surface area (Å²) in [5.74, 6) is 0.354. The van der Waals surface area contributed by atoms with Gasteiger partial charge in [0.25, 0.3) is 0 Å². The smallest absolute Gasteiger partial charge is 0.399 e. The highest BCUT2D eigenvalue weighted by Crippen LogP contribution is 2.23. The van der Waals surface area contributed by atoms with E-state index in [1.807, 2.05) is 12.1 Å². The zero-order chi connectivity index (χ0) is 11.5. The summed E-state index contributed by atoms with van der Waals surface area (Å²) in [6.45, 7) is 4.35. The summed E-state index contributed by atoms with van der Waals surface area (Å²) in [4.78, 5) is 10.8. The largest absolute Gasteiger partial charge is 0.519 e. The van der Waals surface area contributed by atoms with E-state index in [9.17, 15) is 4.79 Å². The van der Waals surface area contributed by atoms with Crippen LogP contribution in [0.2, 0.25) is 0 Å². The molecule has 1 aromatic heterocycles. The predicted octanol–water partition coefficient (Wildman–Crippen LogP) is 3.41. The van der Waals surface area contributed by atoms with Crippen LogP contribution in [0.3, 0.4) is 0 Å². The van der Waals surface area contributed by atoms with Gasteiger partial charge in [-0.3, -0.25) is 0 Å². The van der Waals surface area contributed by atoms with Crippen LogP contribution >= 0.6 is 0 Å². The van der Waals surface area contributed by atoms with Crippen LogP contribution < -0.4 is 5.82 Å². The highest BCUT2D eigenvalue weighted by molar-refractivity contribution is 5.56. The second-order valence-electron chi connectivity index (χ2n) is 3.88. The number of rotatable bonds is 3. The van der Waals surface area contributed by atoms with Gasteiger partial charge in [-0.25, -0.2) is 4.79 Å². The second kappa shape index (κ2) is 4.39. The molecule has 0 aliphatic rings. The lowest BCUT2D eigenvalue weighted by Crippen LogP contribution is -1.90. The van der Waals surface area contributed by atoms with Crippen molar-refractivity contribution in [3.8, 4) is 11.3 Å². The fraction of sp³-hybridized carbons (Fsp3) is 0.308. The SMILES string of the molecule is CCC(C)c1ccc(-c2coc(=O)o2)cc1. The molecular weight excluding hydrogens is 204 g/mol. The third kappa shape index (κ3) is 2.08. The average molecular weight is 218 g/mol. The first-order valence-electron chi connectivity index (χ1n) is 5.39. The number of benzene rings is 1. The van der Waals surface area contributed by atoms with Crippen molar-refractivity contribution in [1.29, 1.82) is 0 Å². The summed E-state index contributed by atoms with van der Waals surface area (Å²) in [5, 5.41) is 0. The van der Waals surface area contributed by atoms with Gasteiger partial charge in [0.05, 0.1) is 0 Å². The Labute approximate surface area is 93.7 Å². The summed E-state index contributed by atoms with van der Waals surface area (Å²) in [7, 11) is 0. The summed E-state index contributed by atoms with van der Waals surface area (Å²) in [6, 6.07) is 7.98. The topological polar surface area (TPSA) is 43.4 Å². The Hall–Kier alpha value is -1.77. The van der Waals surface area contributed by atoms with Crippen LogP contribution in [-0.4, -0.2) is 0 Å². The Balaban J connectivity index is 2.29. The van der Waals surface area contributed by atoms with E-state index in [2.05, 4.69) is 30.4 Å². The van der Waals surface area contributed by atoms with Gasteiger partial charge in [0.1, 0.15) is 6.26 Å². The van der Waals surface area contributed by atoms with Crippen molar-refractivity contribution in [2.24, 2.45) is 0 Å². The fourth-order valence-corrected chi connectivity index (χ4v) is 1.58. The molecule has 0 saturated carbocycles. The van der Waals surface area contributed by atoms with Gasteiger partial charge < -0.3 is 8.83 Å². The molecule has 2 aromatic rings. The van der Waals surface area contributed by atoms with Gasteiger partial charge >= 0.3 is 5.82 Å². The molecule has 0 amide bonds. The van der Waals surface area contributed by atoms with E-state index in [-0.39, 0.29) is 0 Å². The Kier molecular flexibility index (Phi) is 2.95. The molecule has 1 aromatic carbocycles. The predicted molar refractivity (Wildman–Crippen MR) is 61.4 cm³/mol. The molecule has 84 valence electrons. The molecule has 0 spiro atoms. The van der Waals surface area contributed by atoms with E-state index in [0.29, 0.717) is 11.7 Å². The molecule has 0 aliphatic heterocycles. The molecule has 0 N–H and O–H groups in total.